The van der Waals surface area contributed by atoms with E-state index in [0.29, 0.717) is 12.6 Å². The zero-order chi connectivity index (χ0) is 14.6. The smallest absolute Gasteiger partial charge is 0.0989 e. The highest BCUT2D eigenvalue weighted by atomic mass is 16.3. The van der Waals surface area contributed by atoms with Crippen LogP contribution in [0.2, 0.25) is 0 Å². The summed E-state index contributed by atoms with van der Waals surface area (Å²) in [5.41, 5.74) is 0. The lowest BCUT2D eigenvalue weighted by atomic mass is 9.97. The molecule has 0 radical (unpaired) electrons. The van der Waals surface area contributed by atoms with Crippen molar-refractivity contribution in [1.82, 2.24) is 5.32 Å². The lowest BCUT2D eigenvalue weighted by Crippen LogP contribution is -2.40. The highest BCUT2D eigenvalue weighted by molar-refractivity contribution is 4.86. The average molecular weight is 283 g/mol. The maximum Gasteiger partial charge on any atom is 0.0989 e. The molecule has 0 aliphatic heterocycles. The van der Waals surface area contributed by atoms with E-state index in [2.05, 4.69) is 11.9 Å². The second-order valence-electron chi connectivity index (χ2n) is 6.16. The van der Waals surface area contributed by atoms with Crippen molar-refractivity contribution in [3.8, 4) is 0 Å². The topological polar surface area (TPSA) is 52.5 Å². The number of hydrogen-bond donors (Lipinski definition) is 3. The van der Waals surface area contributed by atoms with Crippen LogP contribution < -0.4 is 5.32 Å². The second-order valence-corrected chi connectivity index (χ2v) is 6.16. The zero-order valence-electron chi connectivity index (χ0n) is 12.9. The van der Waals surface area contributed by atoms with Gasteiger partial charge in [-0.1, -0.05) is 63.9 Å². The van der Waals surface area contributed by atoms with Crippen LogP contribution in [-0.2, 0) is 0 Å². The molecule has 0 aromatic carbocycles. The van der Waals surface area contributed by atoms with E-state index in [-0.39, 0.29) is 0 Å². The van der Waals surface area contributed by atoms with E-state index in [1.165, 1.54) is 76.7 Å². The highest BCUT2D eigenvalue weighted by Gasteiger charge is 2.15. The number of hydrogen-bond acceptors (Lipinski definition) is 3. The van der Waals surface area contributed by atoms with Gasteiger partial charge in [-0.25, -0.2) is 0 Å². The van der Waals surface area contributed by atoms with Gasteiger partial charge in [-0.15, -0.1) is 6.58 Å². The van der Waals surface area contributed by atoms with E-state index in [4.69, 9.17) is 0 Å². The molecule has 0 aromatic rings. The summed E-state index contributed by atoms with van der Waals surface area (Å²) in [6.45, 7) is 3.96. The van der Waals surface area contributed by atoms with Crippen LogP contribution >= 0.6 is 0 Å². The van der Waals surface area contributed by atoms with Crippen molar-refractivity contribution < 1.29 is 10.2 Å². The summed E-state index contributed by atoms with van der Waals surface area (Å²) < 4.78 is 0. The van der Waals surface area contributed by atoms with Gasteiger partial charge in [-0.3, -0.25) is 0 Å². The average Bonchev–Trinajstić information content (AvgIpc) is 2.45. The van der Waals surface area contributed by atoms with Crippen molar-refractivity contribution in [2.75, 3.05) is 6.54 Å². The molecule has 2 atom stereocenters. The van der Waals surface area contributed by atoms with Gasteiger partial charge < -0.3 is 15.5 Å². The van der Waals surface area contributed by atoms with Crippen molar-refractivity contribution in [3.63, 3.8) is 0 Å². The first-order valence-corrected chi connectivity index (χ1v) is 8.46. The van der Waals surface area contributed by atoms with Crippen LogP contribution in [0.25, 0.3) is 0 Å². The van der Waals surface area contributed by atoms with E-state index in [1.54, 1.807) is 0 Å². The van der Waals surface area contributed by atoms with Crippen LogP contribution in [-0.4, -0.2) is 35.0 Å². The van der Waals surface area contributed by atoms with E-state index < -0.39 is 12.2 Å². The van der Waals surface area contributed by atoms with Crippen molar-refractivity contribution in [2.45, 2.75) is 88.9 Å². The second kappa shape index (κ2) is 11.3. The van der Waals surface area contributed by atoms with Gasteiger partial charge in [-0.2, -0.15) is 0 Å². The molecule has 3 nitrogen and oxygen atoms in total. The molecule has 0 unspecified atom stereocenters. The van der Waals surface area contributed by atoms with Gasteiger partial charge in [0.25, 0.3) is 0 Å². The molecule has 20 heavy (non-hydrogen) atoms. The monoisotopic (exact) mass is 283 g/mol. The van der Waals surface area contributed by atoms with Crippen molar-refractivity contribution >= 4 is 0 Å². The van der Waals surface area contributed by atoms with Crippen LogP contribution in [0.5, 0.6) is 0 Å². The molecule has 0 heterocycles. The molecule has 1 rings (SSSR count). The van der Waals surface area contributed by atoms with Gasteiger partial charge in [0, 0.05) is 12.6 Å². The molecule has 1 fully saturated rings. The Bertz CT molecular complexity index is 233. The Balaban J connectivity index is 2.29. The molecule has 0 saturated heterocycles. The fourth-order valence-electron chi connectivity index (χ4n) is 2.93. The molecular weight excluding hydrogens is 250 g/mol. The number of nitrogens with one attached hydrogen (secondary N) is 1. The summed E-state index contributed by atoms with van der Waals surface area (Å²) in [6.07, 6.45) is 14.3. The lowest BCUT2D eigenvalue weighted by molar-refractivity contribution is 0.0468. The first-order valence-electron chi connectivity index (χ1n) is 8.46. The Labute approximate surface area is 124 Å². The summed E-state index contributed by atoms with van der Waals surface area (Å²) in [5.74, 6) is 0. The number of aliphatic hydroxyl groups is 2. The third-order valence-corrected chi connectivity index (χ3v) is 4.36. The predicted molar refractivity (Wildman–Crippen MR) is 84.8 cm³/mol. The van der Waals surface area contributed by atoms with Crippen molar-refractivity contribution in [2.24, 2.45) is 0 Å². The van der Waals surface area contributed by atoms with Crippen LogP contribution in [0.15, 0.2) is 12.7 Å². The molecule has 0 bridgehead atoms. The zero-order valence-corrected chi connectivity index (χ0v) is 12.9. The van der Waals surface area contributed by atoms with Crippen LogP contribution in [0, 0.1) is 0 Å². The largest absolute Gasteiger partial charge is 0.389 e. The summed E-state index contributed by atoms with van der Waals surface area (Å²) in [4.78, 5) is 0. The van der Waals surface area contributed by atoms with Crippen LogP contribution in [0.1, 0.15) is 70.6 Å². The van der Waals surface area contributed by atoms with E-state index in [9.17, 15) is 10.2 Å². The minimum absolute atomic E-state index is 0.456. The standard InChI is InChI=1S/C17H33NO2/c1-2-16(19)17(20)14-18-15-12-10-8-6-4-3-5-7-9-11-13-15/h2,15-20H,1,3-14H2/t16-,17-/m1/s1. The number of aliphatic hydroxyl groups excluding tert-OH is 2. The Morgan fingerprint density at radius 1 is 0.900 bits per heavy atom. The maximum absolute atomic E-state index is 9.77. The quantitative estimate of drug-likeness (QED) is 0.679. The maximum atomic E-state index is 9.77. The Kier molecular flexibility index (Phi) is 9.98. The molecule has 118 valence electrons. The molecule has 0 amide bonds. The molecule has 3 heteroatoms. The molecule has 3 N–H and O–H groups in total. The van der Waals surface area contributed by atoms with E-state index in [0.717, 1.165) is 0 Å². The van der Waals surface area contributed by atoms with E-state index in [1.807, 2.05) is 0 Å². The summed E-state index contributed by atoms with van der Waals surface area (Å²) in [6, 6.07) is 0.487. The minimum atomic E-state index is -0.825. The van der Waals surface area contributed by atoms with Crippen molar-refractivity contribution in [1.29, 1.82) is 0 Å². The summed E-state index contributed by atoms with van der Waals surface area (Å²) in [5, 5.41) is 22.7. The minimum Gasteiger partial charge on any atom is -0.389 e. The molecule has 0 spiro atoms. The fourth-order valence-corrected chi connectivity index (χ4v) is 2.93. The first-order chi connectivity index (χ1) is 9.74. The van der Waals surface area contributed by atoms with Crippen LogP contribution in [0.4, 0.5) is 0 Å². The highest BCUT2D eigenvalue weighted by Crippen LogP contribution is 2.17. The Hall–Kier alpha value is -0.380. The Morgan fingerprint density at radius 2 is 1.35 bits per heavy atom. The molecule has 0 aromatic heterocycles. The van der Waals surface area contributed by atoms with Gasteiger partial charge in [-0.05, 0) is 12.8 Å². The SMILES string of the molecule is C=C[C@@H](O)[C@H](O)CNC1CCCCCCCCCCC1. The third-order valence-electron chi connectivity index (χ3n) is 4.36. The van der Waals surface area contributed by atoms with Crippen LogP contribution in [0.3, 0.4) is 0 Å². The van der Waals surface area contributed by atoms with E-state index >= 15 is 0 Å². The van der Waals surface area contributed by atoms with Gasteiger partial charge in [0.2, 0.25) is 0 Å². The molecule has 1 aliphatic carbocycles. The van der Waals surface area contributed by atoms with Gasteiger partial charge >= 0.3 is 0 Å². The molecule has 1 aliphatic rings. The normalized spacial score (nSPS) is 23.3. The van der Waals surface area contributed by atoms with Crippen molar-refractivity contribution in [3.05, 3.63) is 12.7 Å². The lowest BCUT2D eigenvalue weighted by Gasteiger charge is -2.22. The van der Waals surface area contributed by atoms with Gasteiger partial charge in [0.15, 0.2) is 0 Å². The molecular formula is C17H33NO2. The first kappa shape index (κ1) is 17.7. The van der Waals surface area contributed by atoms with Gasteiger partial charge in [0.05, 0.1) is 12.2 Å². The fraction of sp³-hybridized carbons (Fsp3) is 0.882. The third kappa shape index (κ3) is 8.03. The summed E-state index contributed by atoms with van der Waals surface area (Å²) in [7, 11) is 0. The predicted octanol–water partition coefficient (Wildman–Crippen LogP) is 3.16. The van der Waals surface area contributed by atoms with Gasteiger partial charge in [0.1, 0.15) is 0 Å². The molecule has 1 saturated carbocycles. The number of rotatable bonds is 5. The summed E-state index contributed by atoms with van der Waals surface area (Å²) >= 11 is 0. The Morgan fingerprint density at radius 3 is 1.80 bits per heavy atom.